The summed E-state index contributed by atoms with van der Waals surface area (Å²) in [5.74, 6) is 0. The molecule has 0 saturated carbocycles. The SMILES string of the molecule is CCNC(Cc1nc(C(C)(C)C)cs1)c1ccsc1. The maximum Gasteiger partial charge on any atom is 0.0947 e. The Hall–Kier alpha value is -0.710. The number of aromatic nitrogens is 1. The molecule has 0 spiro atoms. The van der Waals surface area contributed by atoms with Crippen LogP contribution in [0.15, 0.2) is 22.2 Å². The third kappa shape index (κ3) is 3.88. The summed E-state index contributed by atoms with van der Waals surface area (Å²) in [4.78, 5) is 4.80. The molecule has 1 unspecified atom stereocenters. The third-order valence-corrected chi connectivity index (χ3v) is 4.67. The van der Waals surface area contributed by atoms with E-state index in [1.165, 1.54) is 16.3 Å². The molecule has 104 valence electrons. The van der Waals surface area contributed by atoms with E-state index in [1.54, 1.807) is 22.7 Å². The lowest BCUT2D eigenvalue weighted by atomic mass is 9.93. The molecule has 4 heteroatoms. The van der Waals surface area contributed by atoms with Gasteiger partial charge >= 0.3 is 0 Å². The van der Waals surface area contributed by atoms with Crippen molar-refractivity contribution in [1.29, 1.82) is 0 Å². The lowest BCUT2D eigenvalue weighted by Crippen LogP contribution is -2.22. The van der Waals surface area contributed by atoms with E-state index >= 15 is 0 Å². The largest absolute Gasteiger partial charge is 0.310 e. The van der Waals surface area contributed by atoms with Gasteiger partial charge in [0.25, 0.3) is 0 Å². The van der Waals surface area contributed by atoms with Crippen LogP contribution in [-0.4, -0.2) is 11.5 Å². The summed E-state index contributed by atoms with van der Waals surface area (Å²) >= 11 is 3.54. The van der Waals surface area contributed by atoms with Crippen LogP contribution >= 0.6 is 22.7 Å². The number of nitrogens with zero attached hydrogens (tertiary/aromatic N) is 1. The average molecular weight is 294 g/mol. The van der Waals surface area contributed by atoms with Crippen LogP contribution in [0.5, 0.6) is 0 Å². The van der Waals surface area contributed by atoms with E-state index in [1.807, 2.05) is 0 Å². The summed E-state index contributed by atoms with van der Waals surface area (Å²) in [6, 6.07) is 2.59. The van der Waals surface area contributed by atoms with Crippen LogP contribution in [0, 0.1) is 0 Å². The van der Waals surface area contributed by atoms with E-state index in [4.69, 9.17) is 4.98 Å². The summed E-state index contributed by atoms with van der Waals surface area (Å²) in [7, 11) is 0. The van der Waals surface area contributed by atoms with E-state index in [9.17, 15) is 0 Å². The van der Waals surface area contributed by atoms with Gasteiger partial charge in [0.15, 0.2) is 0 Å². The van der Waals surface area contributed by atoms with Crippen molar-refractivity contribution in [2.45, 2.75) is 45.6 Å². The Balaban J connectivity index is 2.11. The summed E-state index contributed by atoms with van der Waals surface area (Å²) in [5.41, 5.74) is 2.72. The highest BCUT2D eigenvalue weighted by molar-refractivity contribution is 7.09. The first-order chi connectivity index (χ1) is 9.00. The van der Waals surface area contributed by atoms with Crippen molar-refractivity contribution in [1.82, 2.24) is 10.3 Å². The van der Waals surface area contributed by atoms with Gasteiger partial charge in [0.05, 0.1) is 10.7 Å². The Labute approximate surface area is 123 Å². The number of thiazole rings is 1. The number of hydrogen-bond acceptors (Lipinski definition) is 4. The fourth-order valence-electron chi connectivity index (χ4n) is 1.95. The molecule has 0 saturated heterocycles. The fraction of sp³-hybridized carbons (Fsp3) is 0.533. The maximum absolute atomic E-state index is 4.80. The van der Waals surface area contributed by atoms with E-state index in [2.05, 4.69) is 55.2 Å². The monoisotopic (exact) mass is 294 g/mol. The third-order valence-electron chi connectivity index (χ3n) is 3.09. The highest BCUT2D eigenvalue weighted by Crippen LogP contribution is 2.27. The first kappa shape index (κ1) is 14.7. The molecule has 2 nitrogen and oxygen atoms in total. The zero-order valence-electron chi connectivity index (χ0n) is 12.1. The Morgan fingerprint density at radius 2 is 2.11 bits per heavy atom. The van der Waals surface area contributed by atoms with Crippen molar-refractivity contribution in [2.24, 2.45) is 0 Å². The minimum atomic E-state index is 0.144. The second-order valence-electron chi connectivity index (χ2n) is 5.75. The second-order valence-corrected chi connectivity index (χ2v) is 7.47. The van der Waals surface area contributed by atoms with E-state index < -0.39 is 0 Å². The number of nitrogens with one attached hydrogen (secondary N) is 1. The van der Waals surface area contributed by atoms with Crippen LogP contribution in [0.25, 0.3) is 0 Å². The molecule has 2 heterocycles. The first-order valence-corrected chi connectivity index (χ1v) is 8.53. The standard InChI is InChI=1S/C15H22N2S2/c1-5-16-12(11-6-7-18-9-11)8-14-17-13(10-19-14)15(2,3)4/h6-7,9-10,12,16H,5,8H2,1-4H3. The summed E-state index contributed by atoms with van der Waals surface area (Å²) in [5, 5.41) is 11.3. The van der Waals surface area contributed by atoms with Gasteiger partial charge in [-0.3, -0.25) is 0 Å². The number of rotatable bonds is 5. The van der Waals surface area contributed by atoms with Crippen LogP contribution in [0.3, 0.4) is 0 Å². The molecule has 0 aliphatic heterocycles. The number of thiophene rings is 1. The number of likely N-dealkylation sites (N-methyl/N-ethyl adjacent to an activating group) is 1. The van der Waals surface area contributed by atoms with Crippen LogP contribution in [0.2, 0.25) is 0 Å². The van der Waals surface area contributed by atoms with Gasteiger partial charge in [-0.15, -0.1) is 11.3 Å². The molecule has 0 aliphatic rings. The Bertz CT molecular complexity index is 494. The van der Waals surface area contributed by atoms with Gasteiger partial charge in [0.1, 0.15) is 0 Å². The van der Waals surface area contributed by atoms with Gasteiger partial charge in [-0.2, -0.15) is 11.3 Å². The van der Waals surface area contributed by atoms with E-state index in [0.29, 0.717) is 6.04 Å². The van der Waals surface area contributed by atoms with Crippen molar-refractivity contribution in [3.63, 3.8) is 0 Å². The fourth-order valence-corrected chi connectivity index (χ4v) is 3.73. The van der Waals surface area contributed by atoms with Gasteiger partial charge in [-0.25, -0.2) is 4.98 Å². The minimum Gasteiger partial charge on any atom is -0.310 e. The van der Waals surface area contributed by atoms with E-state index in [0.717, 1.165) is 13.0 Å². The normalized spacial score (nSPS) is 13.7. The minimum absolute atomic E-state index is 0.144. The predicted molar refractivity (Wildman–Crippen MR) is 85.3 cm³/mol. The van der Waals surface area contributed by atoms with Gasteiger partial charge in [-0.05, 0) is 28.9 Å². The summed E-state index contributed by atoms with van der Waals surface area (Å²) in [6.45, 7) is 9.78. The lowest BCUT2D eigenvalue weighted by Gasteiger charge is -2.16. The first-order valence-electron chi connectivity index (χ1n) is 6.71. The highest BCUT2D eigenvalue weighted by Gasteiger charge is 2.19. The van der Waals surface area contributed by atoms with Crippen molar-refractivity contribution in [3.8, 4) is 0 Å². The number of hydrogen-bond donors (Lipinski definition) is 1. The average Bonchev–Trinajstić information content (AvgIpc) is 2.98. The second kappa shape index (κ2) is 6.16. The molecule has 19 heavy (non-hydrogen) atoms. The van der Waals surface area contributed by atoms with Crippen LogP contribution < -0.4 is 5.32 Å². The highest BCUT2D eigenvalue weighted by atomic mass is 32.1. The Kier molecular flexibility index (Phi) is 4.76. The molecule has 1 N–H and O–H groups in total. The van der Waals surface area contributed by atoms with Gasteiger partial charge in [-0.1, -0.05) is 27.7 Å². The van der Waals surface area contributed by atoms with Crippen LogP contribution in [0.1, 0.15) is 50.0 Å². The molecule has 0 radical (unpaired) electrons. The maximum atomic E-state index is 4.80. The molecule has 2 aromatic heterocycles. The zero-order chi connectivity index (χ0) is 13.9. The van der Waals surface area contributed by atoms with Gasteiger partial charge in [0.2, 0.25) is 0 Å². The zero-order valence-corrected chi connectivity index (χ0v) is 13.7. The van der Waals surface area contributed by atoms with Crippen molar-refractivity contribution in [2.75, 3.05) is 6.54 Å². The van der Waals surface area contributed by atoms with E-state index in [-0.39, 0.29) is 5.41 Å². The molecule has 0 aliphatic carbocycles. The lowest BCUT2D eigenvalue weighted by molar-refractivity contribution is 0.541. The van der Waals surface area contributed by atoms with Crippen molar-refractivity contribution in [3.05, 3.63) is 38.5 Å². The Morgan fingerprint density at radius 3 is 2.63 bits per heavy atom. The summed E-state index contributed by atoms with van der Waals surface area (Å²) < 4.78 is 0. The quantitative estimate of drug-likeness (QED) is 0.884. The van der Waals surface area contributed by atoms with Crippen molar-refractivity contribution < 1.29 is 0 Å². The molecule has 2 rings (SSSR count). The predicted octanol–water partition coefficient (Wildman–Crippen LogP) is 4.40. The van der Waals surface area contributed by atoms with Crippen LogP contribution in [-0.2, 0) is 11.8 Å². The molecular weight excluding hydrogens is 272 g/mol. The molecule has 0 fully saturated rings. The smallest absolute Gasteiger partial charge is 0.0947 e. The van der Waals surface area contributed by atoms with Crippen LogP contribution in [0.4, 0.5) is 0 Å². The molecule has 0 aromatic carbocycles. The Morgan fingerprint density at radius 1 is 1.32 bits per heavy atom. The molecule has 1 atom stereocenters. The van der Waals surface area contributed by atoms with Crippen molar-refractivity contribution >= 4 is 22.7 Å². The molecule has 2 aromatic rings. The van der Waals surface area contributed by atoms with Gasteiger partial charge in [0, 0.05) is 23.3 Å². The summed E-state index contributed by atoms with van der Waals surface area (Å²) in [6.07, 6.45) is 0.978. The van der Waals surface area contributed by atoms with Gasteiger partial charge < -0.3 is 5.32 Å². The molecule has 0 amide bonds. The molecule has 0 bridgehead atoms. The topological polar surface area (TPSA) is 24.9 Å². The molecular formula is C15H22N2S2.